The molecule has 3 amide bonds. The number of benzene rings is 2. The van der Waals surface area contributed by atoms with Crippen LogP contribution in [-0.4, -0.2) is 66.9 Å². The van der Waals surface area contributed by atoms with Gasteiger partial charge in [0.2, 0.25) is 5.91 Å². The molecule has 2 aromatic carbocycles. The number of hydrogen-bond acceptors (Lipinski definition) is 4. The van der Waals surface area contributed by atoms with Gasteiger partial charge in [0.1, 0.15) is 5.75 Å². The summed E-state index contributed by atoms with van der Waals surface area (Å²) in [7, 11) is 0. The SMILES string of the molecule is O=C(NCC(=O)N1CCN(C(=O)COc2ccc(Cl)cc2Cl)CC1)c1ccccc1. The highest BCUT2D eigenvalue weighted by molar-refractivity contribution is 6.35. The third kappa shape index (κ3) is 5.87. The van der Waals surface area contributed by atoms with E-state index in [1.165, 1.54) is 0 Å². The van der Waals surface area contributed by atoms with Gasteiger partial charge in [-0.15, -0.1) is 0 Å². The van der Waals surface area contributed by atoms with Crippen LogP contribution in [0.25, 0.3) is 0 Å². The molecule has 1 aliphatic heterocycles. The van der Waals surface area contributed by atoms with Crippen molar-refractivity contribution in [2.45, 2.75) is 0 Å². The van der Waals surface area contributed by atoms with Crippen molar-refractivity contribution in [2.24, 2.45) is 0 Å². The number of ether oxygens (including phenoxy) is 1. The lowest BCUT2D eigenvalue weighted by atomic mass is 10.2. The molecule has 0 spiro atoms. The summed E-state index contributed by atoms with van der Waals surface area (Å²) in [5, 5.41) is 3.45. The van der Waals surface area contributed by atoms with E-state index in [0.717, 1.165) is 0 Å². The average Bonchev–Trinajstić information content (AvgIpc) is 2.77. The monoisotopic (exact) mass is 449 g/mol. The second-order valence-electron chi connectivity index (χ2n) is 6.67. The highest BCUT2D eigenvalue weighted by Gasteiger charge is 2.24. The summed E-state index contributed by atoms with van der Waals surface area (Å²) in [6.45, 7) is 1.35. The molecule has 1 aliphatic rings. The van der Waals surface area contributed by atoms with Crippen molar-refractivity contribution < 1.29 is 19.1 Å². The van der Waals surface area contributed by atoms with Gasteiger partial charge in [-0.1, -0.05) is 41.4 Å². The smallest absolute Gasteiger partial charge is 0.260 e. The zero-order valence-corrected chi connectivity index (χ0v) is 17.7. The van der Waals surface area contributed by atoms with Crippen molar-refractivity contribution in [1.82, 2.24) is 15.1 Å². The molecule has 1 N–H and O–H groups in total. The molecule has 2 aromatic rings. The minimum absolute atomic E-state index is 0.0835. The number of halogens is 2. The van der Waals surface area contributed by atoms with Gasteiger partial charge in [-0.25, -0.2) is 0 Å². The number of amides is 3. The summed E-state index contributed by atoms with van der Waals surface area (Å²) in [6.07, 6.45) is 0. The van der Waals surface area contributed by atoms with Gasteiger partial charge in [0.25, 0.3) is 11.8 Å². The molecular weight excluding hydrogens is 429 g/mol. The van der Waals surface area contributed by atoms with Crippen molar-refractivity contribution >= 4 is 40.9 Å². The molecule has 0 bridgehead atoms. The second-order valence-corrected chi connectivity index (χ2v) is 7.52. The molecule has 0 aliphatic carbocycles. The van der Waals surface area contributed by atoms with Gasteiger partial charge in [0.05, 0.1) is 11.6 Å². The van der Waals surface area contributed by atoms with Crippen LogP contribution in [0.2, 0.25) is 10.0 Å². The van der Waals surface area contributed by atoms with E-state index in [4.69, 9.17) is 27.9 Å². The number of nitrogens with zero attached hydrogens (tertiary/aromatic N) is 2. The van der Waals surface area contributed by atoms with Crippen LogP contribution in [0.3, 0.4) is 0 Å². The van der Waals surface area contributed by atoms with Gasteiger partial charge in [-0.3, -0.25) is 14.4 Å². The molecule has 1 saturated heterocycles. The maximum absolute atomic E-state index is 12.4. The molecule has 0 radical (unpaired) electrons. The van der Waals surface area contributed by atoms with Gasteiger partial charge < -0.3 is 19.9 Å². The zero-order valence-electron chi connectivity index (χ0n) is 16.1. The summed E-state index contributed by atoms with van der Waals surface area (Å²) < 4.78 is 5.48. The van der Waals surface area contributed by atoms with Crippen LogP contribution < -0.4 is 10.1 Å². The fraction of sp³-hybridized carbons (Fsp3) is 0.286. The normalized spacial score (nSPS) is 13.7. The molecule has 1 fully saturated rings. The summed E-state index contributed by atoms with van der Waals surface area (Å²) >= 11 is 11.9. The highest BCUT2D eigenvalue weighted by Crippen LogP contribution is 2.27. The summed E-state index contributed by atoms with van der Waals surface area (Å²) in [5.41, 5.74) is 0.501. The Kier molecular flexibility index (Phi) is 7.54. The largest absolute Gasteiger partial charge is 0.482 e. The van der Waals surface area contributed by atoms with E-state index in [0.29, 0.717) is 47.5 Å². The van der Waals surface area contributed by atoms with Gasteiger partial charge >= 0.3 is 0 Å². The third-order valence-corrected chi connectivity index (χ3v) is 5.20. The zero-order chi connectivity index (χ0) is 21.5. The fourth-order valence-electron chi connectivity index (χ4n) is 2.99. The van der Waals surface area contributed by atoms with E-state index in [2.05, 4.69) is 5.32 Å². The molecule has 0 aromatic heterocycles. The number of hydrogen-bond donors (Lipinski definition) is 1. The Bertz CT molecular complexity index is 916. The topological polar surface area (TPSA) is 79.0 Å². The number of carbonyl (C=O) groups is 3. The lowest BCUT2D eigenvalue weighted by Gasteiger charge is -2.34. The standard InChI is InChI=1S/C21H21Cl2N3O4/c22-16-6-7-18(17(23)12-16)30-14-20(28)26-10-8-25(9-11-26)19(27)13-24-21(29)15-4-2-1-3-5-15/h1-7,12H,8-11,13-14H2,(H,24,29). The third-order valence-electron chi connectivity index (χ3n) is 4.67. The first-order valence-electron chi connectivity index (χ1n) is 9.40. The van der Waals surface area contributed by atoms with E-state index in [1.807, 2.05) is 6.07 Å². The molecule has 158 valence electrons. The van der Waals surface area contributed by atoms with Crippen molar-refractivity contribution in [3.05, 3.63) is 64.1 Å². The van der Waals surface area contributed by atoms with Crippen molar-refractivity contribution in [1.29, 1.82) is 0 Å². The predicted molar refractivity (Wildman–Crippen MR) is 114 cm³/mol. The minimum atomic E-state index is -0.296. The summed E-state index contributed by atoms with van der Waals surface area (Å²) in [4.78, 5) is 40.0. The quantitative estimate of drug-likeness (QED) is 0.734. The van der Waals surface area contributed by atoms with E-state index >= 15 is 0 Å². The number of nitrogens with one attached hydrogen (secondary N) is 1. The molecule has 7 nitrogen and oxygen atoms in total. The number of piperazine rings is 1. The van der Waals surface area contributed by atoms with Crippen molar-refractivity contribution in [3.8, 4) is 5.75 Å². The van der Waals surface area contributed by atoms with Crippen molar-refractivity contribution in [3.63, 3.8) is 0 Å². The molecule has 0 atom stereocenters. The maximum atomic E-state index is 12.4. The van der Waals surface area contributed by atoms with Crippen LogP contribution in [0.15, 0.2) is 48.5 Å². The molecular formula is C21H21Cl2N3O4. The second kappa shape index (κ2) is 10.3. The molecule has 9 heteroatoms. The number of rotatable bonds is 6. The van der Waals surface area contributed by atoms with Gasteiger partial charge in [-0.05, 0) is 30.3 Å². The van der Waals surface area contributed by atoms with E-state index in [9.17, 15) is 14.4 Å². The van der Waals surface area contributed by atoms with Gasteiger partial charge in [0.15, 0.2) is 6.61 Å². The predicted octanol–water partition coefficient (Wildman–Crippen LogP) is 2.47. The molecule has 30 heavy (non-hydrogen) atoms. The van der Waals surface area contributed by atoms with E-state index in [-0.39, 0.29) is 30.9 Å². The van der Waals surface area contributed by atoms with Crippen LogP contribution in [-0.2, 0) is 9.59 Å². The van der Waals surface area contributed by atoms with Crippen LogP contribution >= 0.6 is 23.2 Å². The Morgan fingerprint density at radius 2 is 1.53 bits per heavy atom. The maximum Gasteiger partial charge on any atom is 0.260 e. The minimum Gasteiger partial charge on any atom is -0.482 e. The molecule has 3 rings (SSSR count). The lowest BCUT2D eigenvalue weighted by Crippen LogP contribution is -2.53. The van der Waals surface area contributed by atoms with Crippen LogP contribution in [0.4, 0.5) is 0 Å². The van der Waals surface area contributed by atoms with Gasteiger partial charge in [-0.2, -0.15) is 0 Å². The fourth-order valence-corrected chi connectivity index (χ4v) is 3.45. The highest BCUT2D eigenvalue weighted by atomic mass is 35.5. The Hall–Kier alpha value is -2.77. The van der Waals surface area contributed by atoms with Gasteiger partial charge in [0, 0.05) is 36.8 Å². The molecule has 0 saturated carbocycles. The first-order valence-corrected chi connectivity index (χ1v) is 10.2. The first kappa shape index (κ1) is 21.9. The number of carbonyl (C=O) groups excluding carboxylic acids is 3. The molecule has 0 unspecified atom stereocenters. The van der Waals surface area contributed by atoms with Crippen LogP contribution in [0.1, 0.15) is 10.4 Å². The lowest BCUT2D eigenvalue weighted by molar-refractivity contribution is -0.140. The Morgan fingerprint density at radius 3 is 2.17 bits per heavy atom. The summed E-state index contributed by atoms with van der Waals surface area (Å²) in [6, 6.07) is 13.5. The summed E-state index contributed by atoms with van der Waals surface area (Å²) in [5.74, 6) is -0.283. The van der Waals surface area contributed by atoms with E-state index in [1.54, 1.807) is 52.3 Å². The first-order chi connectivity index (χ1) is 14.4. The Labute approximate surface area is 184 Å². The van der Waals surface area contributed by atoms with E-state index < -0.39 is 0 Å². The van der Waals surface area contributed by atoms with Crippen LogP contribution in [0, 0.1) is 0 Å². The Balaban J connectivity index is 1.40. The van der Waals surface area contributed by atoms with Crippen LogP contribution in [0.5, 0.6) is 5.75 Å². The average molecular weight is 450 g/mol. The van der Waals surface area contributed by atoms with Crippen molar-refractivity contribution in [2.75, 3.05) is 39.3 Å². The Morgan fingerprint density at radius 1 is 0.900 bits per heavy atom. The molecule has 1 heterocycles.